The summed E-state index contributed by atoms with van der Waals surface area (Å²) in [7, 11) is -4.38. The number of phosphoric acid groups is 1. The Morgan fingerprint density at radius 1 is 0.525 bits per heavy atom. The summed E-state index contributed by atoms with van der Waals surface area (Å²) in [5.41, 5.74) is 5.36. The third-order valence-electron chi connectivity index (χ3n) is 10.5. The third kappa shape index (κ3) is 45.6. The standard InChI is InChI=1S/C49H92NO8P/c1-3-5-7-9-11-13-15-17-19-20-21-22-23-24-25-26-28-30-32-34-36-38-40-42-49(52)58-47(46-57-59(53,54)56-44-43-50)45-55-48(51)41-39-37-35-33-31-29-27-18-16-14-12-10-8-6-4-2/h6,8,12,14,18,27,47H,3-5,7,9-11,13,15-17,19-26,28-46,50H2,1-2H3,(H,53,54)/b8-6+,14-12+,27-18+/t47-/m1/s1. The second kappa shape index (κ2) is 45.7. The van der Waals surface area contributed by atoms with Gasteiger partial charge < -0.3 is 20.1 Å². The fraction of sp³-hybridized carbons (Fsp3) is 0.837. The van der Waals surface area contributed by atoms with Crippen LogP contribution in [0.2, 0.25) is 0 Å². The molecule has 10 heteroatoms. The van der Waals surface area contributed by atoms with Crippen molar-refractivity contribution >= 4 is 19.8 Å². The monoisotopic (exact) mass is 854 g/mol. The number of carbonyl (C=O) groups is 2. The molecule has 0 amide bonds. The highest BCUT2D eigenvalue weighted by molar-refractivity contribution is 7.47. The van der Waals surface area contributed by atoms with E-state index in [1.165, 1.54) is 128 Å². The van der Waals surface area contributed by atoms with E-state index in [4.69, 9.17) is 24.3 Å². The maximum Gasteiger partial charge on any atom is 0.472 e. The van der Waals surface area contributed by atoms with Crippen LogP contribution in [-0.2, 0) is 32.7 Å². The van der Waals surface area contributed by atoms with Gasteiger partial charge in [-0.25, -0.2) is 4.57 Å². The second-order valence-corrected chi connectivity index (χ2v) is 17.8. The topological polar surface area (TPSA) is 134 Å². The van der Waals surface area contributed by atoms with Crippen LogP contribution in [0.3, 0.4) is 0 Å². The van der Waals surface area contributed by atoms with E-state index >= 15 is 0 Å². The third-order valence-corrected chi connectivity index (χ3v) is 11.5. The molecule has 0 aliphatic heterocycles. The molecule has 0 aliphatic carbocycles. The largest absolute Gasteiger partial charge is 0.472 e. The van der Waals surface area contributed by atoms with E-state index in [9.17, 15) is 19.0 Å². The molecule has 0 aromatic carbocycles. The van der Waals surface area contributed by atoms with Gasteiger partial charge in [0, 0.05) is 19.4 Å². The van der Waals surface area contributed by atoms with Gasteiger partial charge in [0.1, 0.15) is 6.61 Å². The molecule has 9 nitrogen and oxygen atoms in total. The summed E-state index contributed by atoms with van der Waals surface area (Å²) >= 11 is 0. The molecule has 0 aromatic heterocycles. The quantitative estimate of drug-likeness (QED) is 0.0265. The fourth-order valence-electron chi connectivity index (χ4n) is 6.94. The molecule has 0 saturated heterocycles. The highest BCUT2D eigenvalue weighted by atomic mass is 31.2. The van der Waals surface area contributed by atoms with E-state index in [-0.39, 0.29) is 32.6 Å². The average Bonchev–Trinajstić information content (AvgIpc) is 3.22. The Balaban J connectivity index is 4.03. The van der Waals surface area contributed by atoms with Gasteiger partial charge in [-0.3, -0.25) is 18.6 Å². The zero-order valence-electron chi connectivity index (χ0n) is 38.2. The predicted molar refractivity (Wildman–Crippen MR) is 247 cm³/mol. The van der Waals surface area contributed by atoms with Crippen molar-refractivity contribution in [3.05, 3.63) is 36.5 Å². The molecule has 0 radical (unpaired) electrons. The van der Waals surface area contributed by atoms with Crippen molar-refractivity contribution in [3.63, 3.8) is 0 Å². The molecular weight excluding hydrogens is 762 g/mol. The summed E-state index contributed by atoms with van der Waals surface area (Å²) in [4.78, 5) is 35.0. The van der Waals surface area contributed by atoms with Gasteiger partial charge in [0.05, 0.1) is 13.2 Å². The first-order valence-corrected chi connectivity index (χ1v) is 26.0. The first-order valence-electron chi connectivity index (χ1n) is 24.5. The minimum atomic E-state index is -4.38. The van der Waals surface area contributed by atoms with Crippen LogP contribution in [0.25, 0.3) is 0 Å². The molecule has 0 saturated carbocycles. The van der Waals surface area contributed by atoms with E-state index in [1.54, 1.807) is 0 Å². The van der Waals surface area contributed by atoms with Crippen LogP contribution >= 0.6 is 7.82 Å². The summed E-state index contributed by atoms with van der Waals surface area (Å²) in [6.07, 6.45) is 51.9. The van der Waals surface area contributed by atoms with Crippen LogP contribution in [0.4, 0.5) is 0 Å². The van der Waals surface area contributed by atoms with Gasteiger partial charge in [-0.2, -0.15) is 0 Å². The molecule has 2 atom stereocenters. The number of phosphoric ester groups is 1. The maximum absolute atomic E-state index is 12.6. The number of hydrogen-bond donors (Lipinski definition) is 2. The molecule has 3 N–H and O–H groups in total. The summed E-state index contributed by atoms with van der Waals surface area (Å²) < 4.78 is 32.9. The van der Waals surface area contributed by atoms with Gasteiger partial charge in [0.2, 0.25) is 0 Å². The molecule has 0 aromatic rings. The SMILES string of the molecule is CC/C=C/C/C=C/C/C=C/CCCCCCCC(=O)OC[C@H](COP(=O)(O)OCCN)OC(=O)CCCCCCCCCCCCCCCCCCCCCCCCC. The molecule has 0 rings (SSSR count). The molecule has 0 heterocycles. The van der Waals surface area contributed by atoms with Gasteiger partial charge in [-0.1, -0.05) is 211 Å². The molecule has 59 heavy (non-hydrogen) atoms. The van der Waals surface area contributed by atoms with Crippen molar-refractivity contribution < 1.29 is 37.6 Å². The number of allylic oxidation sites excluding steroid dienone is 6. The lowest BCUT2D eigenvalue weighted by molar-refractivity contribution is -0.161. The summed E-state index contributed by atoms with van der Waals surface area (Å²) in [6, 6.07) is 0. The molecule has 346 valence electrons. The van der Waals surface area contributed by atoms with Crippen LogP contribution in [0.5, 0.6) is 0 Å². The maximum atomic E-state index is 12.6. The van der Waals surface area contributed by atoms with E-state index in [0.29, 0.717) is 12.8 Å². The predicted octanol–water partition coefficient (Wildman–Crippen LogP) is 14.5. The van der Waals surface area contributed by atoms with Gasteiger partial charge in [-0.05, 0) is 44.9 Å². The number of rotatable bonds is 46. The highest BCUT2D eigenvalue weighted by Gasteiger charge is 2.26. The van der Waals surface area contributed by atoms with Crippen LogP contribution in [0.1, 0.15) is 232 Å². The summed E-state index contributed by atoms with van der Waals surface area (Å²) in [5.74, 6) is -0.839. The lowest BCUT2D eigenvalue weighted by Gasteiger charge is -2.19. The first kappa shape index (κ1) is 57.2. The van der Waals surface area contributed by atoms with Gasteiger partial charge in [0.15, 0.2) is 6.10 Å². The number of nitrogens with two attached hydrogens (primary N) is 1. The van der Waals surface area contributed by atoms with Crippen molar-refractivity contribution in [1.29, 1.82) is 0 Å². The van der Waals surface area contributed by atoms with E-state index in [2.05, 4.69) is 50.3 Å². The van der Waals surface area contributed by atoms with Gasteiger partial charge >= 0.3 is 19.8 Å². The van der Waals surface area contributed by atoms with Crippen LogP contribution in [0.15, 0.2) is 36.5 Å². The van der Waals surface area contributed by atoms with Crippen molar-refractivity contribution in [2.75, 3.05) is 26.4 Å². The second-order valence-electron chi connectivity index (χ2n) is 16.3. The molecule has 0 bridgehead atoms. The van der Waals surface area contributed by atoms with Crippen molar-refractivity contribution in [2.24, 2.45) is 5.73 Å². The molecular formula is C49H92NO8P. The van der Waals surface area contributed by atoms with Crippen LogP contribution < -0.4 is 5.73 Å². The lowest BCUT2D eigenvalue weighted by Crippen LogP contribution is -2.29. The van der Waals surface area contributed by atoms with Gasteiger partial charge in [0.25, 0.3) is 0 Å². The molecule has 0 aliphatic rings. The van der Waals surface area contributed by atoms with Crippen molar-refractivity contribution in [1.82, 2.24) is 0 Å². The number of hydrogen-bond acceptors (Lipinski definition) is 8. The average molecular weight is 854 g/mol. The van der Waals surface area contributed by atoms with Crippen LogP contribution in [-0.4, -0.2) is 49.3 Å². The lowest BCUT2D eigenvalue weighted by atomic mass is 10.0. The van der Waals surface area contributed by atoms with Crippen molar-refractivity contribution in [2.45, 2.75) is 238 Å². The smallest absolute Gasteiger partial charge is 0.462 e. The zero-order valence-corrected chi connectivity index (χ0v) is 39.1. The Morgan fingerprint density at radius 2 is 0.932 bits per heavy atom. The zero-order chi connectivity index (χ0) is 43.2. The van der Waals surface area contributed by atoms with E-state index in [1.807, 2.05) is 0 Å². The Morgan fingerprint density at radius 3 is 1.39 bits per heavy atom. The Hall–Kier alpha value is -1.77. The normalized spacial score (nSPS) is 13.5. The minimum Gasteiger partial charge on any atom is -0.462 e. The van der Waals surface area contributed by atoms with E-state index in [0.717, 1.165) is 64.2 Å². The summed E-state index contributed by atoms with van der Waals surface area (Å²) in [5, 5.41) is 0. The molecule has 0 fully saturated rings. The fourth-order valence-corrected chi connectivity index (χ4v) is 7.71. The Kier molecular flexibility index (Phi) is 44.4. The number of carbonyl (C=O) groups excluding carboxylic acids is 2. The number of unbranched alkanes of at least 4 members (excludes halogenated alkanes) is 27. The molecule has 1 unspecified atom stereocenters. The summed E-state index contributed by atoms with van der Waals surface area (Å²) in [6.45, 7) is 3.63. The van der Waals surface area contributed by atoms with Crippen molar-refractivity contribution in [3.8, 4) is 0 Å². The molecule has 0 spiro atoms. The van der Waals surface area contributed by atoms with Gasteiger partial charge in [-0.15, -0.1) is 0 Å². The first-order chi connectivity index (χ1) is 28.8. The minimum absolute atomic E-state index is 0.0516. The Bertz CT molecular complexity index is 1060. The Labute approximate surface area is 363 Å². The number of ether oxygens (including phenoxy) is 2. The van der Waals surface area contributed by atoms with E-state index < -0.39 is 32.5 Å². The number of esters is 2. The van der Waals surface area contributed by atoms with Crippen LogP contribution in [0, 0.1) is 0 Å². The highest BCUT2D eigenvalue weighted by Crippen LogP contribution is 2.43.